The first kappa shape index (κ1) is 25.2. The maximum atomic E-state index is 14.7. The predicted molar refractivity (Wildman–Crippen MR) is 141 cm³/mol. The second-order valence-electron chi connectivity index (χ2n) is 9.38. The molecule has 1 fully saturated rings. The fraction of sp³-hybridized carbons (Fsp3) is 0.276. The summed E-state index contributed by atoms with van der Waals surface area (Å²) in [6.45, 7) is 4.51. The molecule has 1 aliphatic heterocycles. The smallest absolute Gasteiger partial charge is 0.287 e. The van der Waals surface area contributed by atoms with Crippen molar-refractivity contribution in [3.63, 3.8) is 0 Å². The molecule has 0 spiro atoms. The van der Waals surface area contributed by atoms with Crippen LogP contribution in [0, 0.1) is 23.1 Å². The largest absolute Gasteiger partial charge is 0.490 e. The summed E-state index contributed by atoms with van der Waals surface area (Å²) < 4.78 is 21.9. The average molecular weight is 511 g/mol. The first-order chi connectivity index (χ1) is 18.5. The summed E-state index contributed by atoms with van der Waals surface area (Å²) in [7, 11) is 0. The van der Waals surface area contributed by atoms with Crippen molar-refractivity contribution >= 4 is 0 Å². The number of nitrogens with one attached hydrogen (secondary N) is 1. The highest BCUT2D eigenvalue weighted by atomic mass is 19.1. The lowest BCUT2D eigenvalue weighted by Gasteiger charge is -2.22. The number of hydrogen-bond donors (Lipinski definition) is 1. The molecule has 0 bridgehead atoms. The van der Waals surface area contributed by atoms with Gasteiger partial charge in [0.15, 0.2) is 17.4 Å². The van der Waals surface area contributed by atoms with Crippen LogP contribution in [0.1, 0.15) is 36.9 Å². The molecule has 0 amide bonds. The van der Waals surface area contributed by atoms with Gasteiger partial charge in [0.25, 0.3) is 5.56 Å². The minimum absolute atomic E-state index is 0.400. The topological polar surface area (TPSA) is 106 Å². The fourth-order valence-corrected chi connectivity index (χ4v) is 4.55. The van der Waals surface area contributed by atoms with Gasteiger partial charge in [0.2, 0.25) is 0 Å². The molecule has 1 aliphatic rings. The Morgan fingerprint density at radius 2 is 1.92 bits per heavy atom. The summed E-state index contributed by atoms with van der Waals surface area (Å²) in [6.07, 6.45) is 8.59. The van der Waals surface area contributed by atoms with Gasteiger partial charge in [-0.1, -0.05) is 18.2 Å². The third-order valence-electron chi connectivity index (χ3n) is 6.80. The van der Waals surface area contributed by atoms with Crippen LogP contribution in [0.5, 0.6) is 5.75 Å². The van der Waals surface area contributed by atoms with Crippen molar-refractivity contribution < 1.29 is 9.13 Å². The third kappa shape index (κ3) is 5.61. The van der Waals surface area contributed by atoms with Gasteiger partial charge in [-0.2, -0.15) is 5.26 Å². The van der Waals surface area contributed by atoms with E-state index in [9.17, 15) is 14.4 Å². The standard InChI is InChI=1S/C29H27FN6O2/c1-19(36-17-24(13-26(30)29(36)37)27-11-21(14-31)7-10-33-27)22-3-2-4-23(12-22)28-34-15-25(16-35-28)38-18-20-5-8-32-9-6-20/h2-4,7,10-13,15-17,19-20,32H,5-6,8-9,18H2,1H3. The first-order valence-corrected chi connectivity index (χ1v) is 12.6. The highest BCUT2D eigenvalue weighted by Crippen LogP contribution is 2.25. The predicted octanol–water partition coefficient (Wildman–Crippen LogP) is 4.37. The summed E-state index contributed by atoms with van der Waals surface area (Å²) in [5, 5.41) is 12.5. The third-order valence-corrected chi connectivity index (χ3v) is 6.80. The second kappa shape index (κ2) is 11.3. The molecular formula is C29H27FN6O2. The number of benzene rings is 1. The molecule has 0 aliphatic carbocycles. The number of pyridine rings is 2. The van der Waals surface area contributed by atoms with E-state index in [1.807, 2.05) is 37.3 Å². The molecule has 1 saturated heterocycles. The molecule has 5 rings (SSSR count). The Morgan fingerprint density at radius 1 is 1.13 bits per heavy atom. The fourth-order valence-electron chi connectivity index (χ4n) is 4.55. The zero-order valence-electron chi connectivity index (χ0n) is 21.0. The number of hydrogen-bond acceptors (Lipinski definition) is 7. The molecule has 38 heavy (non-hydrogen) atoms. The minimum atomic E-state index is -0.891. The van der Waals surface area contributed by atoms with E-state index in [0.29, 0.717) is 40.9 Å². The van der Waals surface area contributed by atoms with E-state index in [2.05, 4.69) is 20.3 Å². The number of piperidine rings is 1. The van der Waals surface area contributed by atoms with Gasteiger partial charge < -0.3 is 14.6 Å². The van der Waals surface area contributed by atoms with Crippen molar-refractivity contribution in [2.75, 3.05) is 19.7 Å². The van der Waals surface area contributed by atoms with Gasteiger partial charge in [-0.25, -0.2) is 14.4 Å². The minimum Gasteiger partial charge on any atom is -0.490 e. The number of ether oxygens (including phenoxy) is 1. The van der Waals surface area contributed by atoms with Crippen LogP contribution in [0.3, 0.4) is 0 Å². The molecule has 3 aromatic heterocycles. The van der Waals surface area contributed by atoms with Crippen molar-refractivity contribution in [3.05, 3.63) is 94.5 Å². The molecule has 1 atom stereocenters. The molecule has 1 N–H and O–H groups in total. The molecule has 4 aromatic rings. The molecule has 192 valence electrons. The van der Waals surface area contributed by atoms with E-state index in [1.54, 1.807) is 30.7 Å². The summed E-state index contributed by atoms with van der Waals surface area (Å²) in [5.41, 5.74) is 2.03. The van der Waals surface area contributed by atoms with Gasteiger partial charge >= 0.3 is 0 Å². The highest BCUT2D eigenvalue weighted by molar-refractivity contribution is 5.60. The summed E-state index contributed by atoms with van der Waals surface area (Å²) in [4.78, 5) is 25.9. The van der Waals surface area contributed by atoms with Gasteiger partial charge in [0, 0.05) is 23.5 Å². The Balaban J connectivity index is 1.37. The molecule has 0 radical (unpaired) electrons. The maximum absolute atomic E-state index is 14.7. The van der Waals surface area contributed by atoms with Crippen molar-refractivity contribution in [2.24, 2.45) is 5.92 Å². The Kier molecular flexibility index (Phi) is 7.52. The number of aromatic nitrogens is 4. The number of nitriles is 1. The molecule has 1 aromatic carbocycles. The number of nitrogens with zero attached hydrogens (tertiary/aromatic N) is 5. The van der Waals surface area contributed by atoms with E-state index >= 15 is 0 Å². The first-order valence-electron chi connectivity index (χ1n) is 12.6. The Hall–Kier alpha value is -4.42. The van der Waals surface area contributed by atoms with E-state index < -0.39 is 17.4 Å². The van der Waals surface area contributed by atoms with Crippen LogP contribution in [0.4, 0.5) is 4.39 Å². The van der Waals surface area contributed by atoms with Gasteiger partial charge in [0.1, 0.15) is 0 Å². The van der Waals surface area contributed by atoms with Crippen LogP contribution in [-0.4, -0.2) is 39.2 Å². The van der Waals surface area contributed by atoms with Gasteiger partial charge in [-0.3, -0.25) is 9.78 Å². The van der Waals surface area contributed by atoms with E-state index in [4.69, 9.17) is 4.74 Å². The van der Waals surface area contributed by atoms with Crippen molar-refractivity contribution in [2.45, 2.75) is 25.8 Å². The lowest BCUT2D eigenvalue weighted by atomic mass is 9.99. The monoisotopic (exact) mass is 510 g/mol. The van der Waals surface area contributed by atoms with Gasteiger partial charge in [-0.05, 0) is 68.6 Å². The van der Waals surface area contributed by atoms with Crippen LogP contribution in [0.15, 0.2) is 72.0 Å². The van der Waals surface area contributed by atoms with Crippen LogP contribution >= 0.6 is 0 Å². The molecule has 8 nitrogen and oxygen atoms in total. The van der Waals surface area contributed by atoms with Gasteiger partial charge in [0.05, 0.1) is 42.4 Å². The Bertz CT molecular complexity index is 1520. The summed E-state index contributed by atoms with van der Waals surface area (Å²) in [5.74, 6) is 0.799. The lowest BCUT2D eigenvalue weighted by molar-refractivity contribution is 0.214. The van der Waals surface area contributed by atoms with Crippen LogP contribution in [0.2, 0.25) is 0 Å². The van der Waals surface area contributed by atoms with Crippen LogP contribution < -0.4 is 15.6 Å². The molecule has 0 saturated carbocycles. The average Bonchev–Trinajstić information content (AvgIpc) is 2.98. The Labute approximate surface area is 219 Å². The number of halogens is 1. The molecular weight excluding hydrogens is 483 g/mol. The normalized spacial score (nSPS) is 14.6. The molecule has 4 heterocycles. The van der Waals surface area contributed by atoms with Gasteiger partial charge in [-0.15, -0.1) is 0 Å². The highest BCUT2D eigenvalue weighted by Gasteiger charge is 2.17. The van der Waals surface area contributed by atoms with Crippen molar-refractivity contribution in [1.29, 1.82) is 5.26 Å². The number of rotatable bonds is 7. The Morgan fingerprint density at radius 3 is 2.68 bits per heavy atom. The summed E-state index contributed by atoms with van der Waals surface area (Å²) in [6, 6.07) is 13.3. The molecule has 1 unspecified atom stereocenters. The SMILES string of the molecule is CC(c1cccc(-c2ncc(OCC3CCNCC3)cn2)c1)n1cc(-c2cc(C#N)ccn2)cc(F)c1=O. The van der Waals surface area contributed by atoms with Crippen LogP contribution in [-0.2, 0) is 0 Å². The zero-order chi connectivity index (χ0) is 26.5. The second-order valence-corrected chi connectivity index (χ2v) is 9.38. The van der Waals surface area contributed by atoms with E-state index in [1.165, 1.54) is 10.8 Å². The lowest BCUT2D eigenvalue weighted by Crippen LogP contribution is -2.30. The summed E-state index contributed by atoms with van der Waals surface area (Å²) >= 11 is 0. The zero-order valence-corrected chi connectivity index (χ0v) is 21.0. The van der Waals surface area contributed by atoms with E-state index in [-0.39, 0.29) is 0 Å². The maximum Gasteiger partial charge on any atom is 0.287 e. The van der Waals surface area contributed by atoms with Crippen LogP contribution in [0.25, 0.3) is 22.6 Å². The quantitative estimate of drug-likeness (QED) is 0.394. The van der Waals surface area contributed by atoms with Crippen molar-refractivity contribution in [3.8, 4) is 34.5 Å². The van der Waals surface area contributed by atoms with E-state index in [0.717, 1.165) is 43.1 Å². The molecule has 9 heteroatoms. The van der Waals surface area contributed by atoms with Crippen molar-refractivity contribution in [1.82, 2.24) is 24.8 Å².